The number of hydrogen-bond acceptors (Lipinski definition) is 4. The normalized spacial score (nSPS) is 23.3. The minimum absolute atomic E-state index is 0.371. The summed E-state index contributed by atoms with van der Waals surface area (Å²) in [5.41, 5.74) is 1.04. The Labute approximate surface area is 143 Å². The second-order valence-corrected chi connectivity index (χ2v) is 9.09. The highest BCUT2D eigenvalue weighted by atomic mass is 79.9. The largest absolute Gasteiger partial charge is 0.235 e. The van der Waals surface area contributed by atoms with E-state index in [9.17, 15) is 0 Å². The minimum Gasteiger partial charge on any atom is -0.235 e. The van der Waals surface area contributed by atoms with Crippen molar-refractivity contribution >= 4 is 51.1 Å². The van der Waals surface area contributed by atoms with E-state index in [0.717, 1.165) is 28.8 Å². The minimum atomic E-state index is 0.371. The van der Waals surface area contributed by atoms with Crippen molar-refractivity contribution in [3.8, 4) is 0 Å². The van der Waals surface area contributed by atoms with Crippen LogP contribution < -0.4 is 0 Å². The zero-order chi connectivity index (χ0) is 14.7. The van der Waals surface area contributed by atoms with Crippen molar-refractivity contribution in [3.63, 3.8) is 0 Å². The summed E-state index contributed by atoms with van der Waals surface area (Å²) < 4.78 is 0.859. The van der Waals surface area contributed by atoms with Crippen LogP contribution in [0.2, 0.25) is 5.15 Å². The second-order valence-electron chi connectivity index (χ2n) is 5.34. The van der Waals surface area contributed by atoms with Gasteiger partial charge in [0.05, 0.1) is 15.4 Å². The molecule has 20 heavy (non-hydrogen) atoms. The summed E-state index contributed by atoms with van der Waals surface area (Å²) in [5.74, 6) is 3.86. The Kier molecular flexibility index (Phi) is 6.51. The molecule has 0 saturated carbocycles. The van der Waals surface area contributed by atoms with Crippen LogP contribution in [0.25, 0.3) is 0 Å². The SMILES string of the molecule is CCC1SCCSC1c1nc(Cl)c(Br)c(CC(C)C)n1. The molecule has 1 aromatic rings. The lowest BCUT2D eigenvalue weighted by atomic mass is 10.1. The van der Waals surface area contributed by atoms with Crippen LogP contribution in [0.15, 0.2) is 4.47 Å². The number of aromatic nitrogens is 2. The highest BCUT2D eigenvalue weighted by Crippen LogP contribution is 2.43. The Morgan fingerprint density at radius 1 is 1.30 bits per heavy atom. The fraction of sp³-hybridized carbons (Fsp3) is 0.714. The third-order valence-electron chi connectivity index (χ3n) is 3.21. The van der Waals surface area contributed by atoms with E-state index >= 15 is 0 Å². The smallest absolute Gasteiger partial charge is 0.147 e. The molecular weight excluding hydrogens is 376 g/mol. The van der Waals surface area contributed by atoms with Crippen molar-refractivity contribution in [2.75, 3.05) is 11.5 Å². The van der Waals surface area contributed by atoms with Gasteiger partial charge in [0.25, 0.3) is 0 Å². The molecule has 112 valence electrons. The van der Waals surface area contributed by atoms with Crippen LogP contribution in [0.5, 0.6) is 0 Å². The van der Waals surface area contributed by atoms with Gasteiger partial charge in [-0.05, 0) is 34.7 Å². The molecule has 0 aliphatic carbocycles. The van der Waals surface area contributed by atoms with Crippen LogP contribution in [0.1, 0.15) is 44.0 Å². The topological polar surface area (TPSA) is 25.8 Å². The number of nitrogens with zero attached hydrogens (tertiary/aromatic N) is 2. The van der Waals surface area contributed by atoms with Gasteiger partial charge in [-0.2, -0.15) is 11.8 Å². The zero-order valence-electron chi connectivity index (χ0n) is 12.0. The first kappa shape index (κ1) is 16.9. The molecule has 0 N–H and O–H groups in total. The van der Waals surface area contributed by atoms with Gasteiger partial charge in [0.2, 0.25) is 0 Å². The van der Waals surface area contributed by atoms with Gasteiger partial charge in [-0.15, -0.1) is 11.8 Å². The first-order chi connectivity index (χ1) is 9.52. The van der Waals surface area contributed by atoms with Crippen molar-refractivity contribution in [1.82, 2.24) is 9.97 Å². The molecule has 2 unspecified atom stereocenters. The summed E-state index contributed by atoms with van der Waals surface area (Å²) >= 11 is 13.8. The number of rotatable bonds is 4. The highest BCUT2D eigenvalue weighted by Gasteiger charge is 2.29. The van der Waals surface area contributed by atoms with Gasteiger partial charge in [0.15, 0.2) is 0 Å². The predicted octanol–water partition coefficient (Wildman–Crippen LogP) is 5.39. The molecule has 0 aromatic carbocycles. The van der Waals surface area contributed by atoms with Gasteiger partial charge in [0, 0.05) is 16.8 Å². The first-order valence-electron chi connectivity index (χ1n) is 6.98. The van der Waals surface area contributed by atoms with E-state index in [0.29, 0.717) is 21.6 Å². The lowest BCUT2D eigenvalue weighted by Gasteiger charge is -2.29. The summed E-state index contributed by atoms with van der Waals surface area (Å²) in [6.45, 7) is 6.64. The third-order valence-corrected chi connectivity index (χ3v) is 7.78. The van der Waals surface area contributed by atoms with E-state index in [1.807, 2.05) is 23.5 Å². The summed E-state index contributed by atoms with van der Waals surface area (Å²) in [7, 11) is 0. The second kappa shape index (κ2) is 7.70. The predicted molar refractivity (Wildman–Crippen MR) is 95.0 cm³/mol. The maximum atomic E-state index is 6.30. The highest BCUT2D eigenvalue weighted by molar-refractivity contribution is 9.10. The molecule has 2 rings (SSSR count). The molecule has 2 atom stereocenters. The van der Waals surface area contributed by atoms with Crippen molar-refractivity contribution < 1.29 is 0 Å². The van der Waals surface area contributed by atoms with Crippen molar-refractivity contribution in [2.45, 2.75) is 44.1 Å². The molecule has 0 bridgehead atoms. The van der Waals surface area contributed by atoms with E-state index < -0.39 is 0 Å². The number of hydrogen-bond donors (Lipinski definition) is 0. The maximum absolute atomic E-state index is 6.30. The first-order valence-corrected chi connectivity index (χ1v) is 10.2. The Morgan fingerprint density at radius 2 is 2.00 bits per heavy atom. The van der Waals surface area contributed by atoms with Crippen molar-refractivity contribution in [1.29, 1.82) is 0 Å². The number of halogens is 2. The molecule has 1 aliphatic heterocycles. The van der Waals surface area contributed by atoms with Crippen LogP contribution >= 0.6 is 51.1 Å². The average Bonchev–Trinajstić information content (AvgIpc) is 2.43. The quantitative estimate of drug-likeness (QED) is 0.638. The van der Waals surface area contributed by atoms with Crippen LogP contribution in [0.3, 0.4) is 0 Å². The lowest BCUT2D eigenvalue weighted by molar-refractivity contribution is 0.624. The molecule has 2 nitrogen and oxygen atoms in total. The molecule has 1 aliphatic rings. The van der Waals surface area contributed by atoms with Crippen LogP contribution in [-0.4, -0.2) is 26.7 Å². The average molecular weight is 396 g/mol. The molecule has 0 spiro atoms. The van der Waals surface area contributed by atoms with Crippen molar-refractivity contribution in [2.24, 2.45) is 5.92 Å². The third kappa shape index (κ3) is 4.05. The zero-order valence-corrected chi connectivity index (χ0v) is 16.0. The molecule has 0 radical (unpaired) electrons. The van der Waals surface area contributed by atoms with E-state index in [4.69, 9.17) is 16.6 Å². The molecule has 1 fully saturated rings. The van der Waals surface area contributed by atoms with Gasteiger partial charge >= 0.3 is 0 Å². The van der Waals surface area contributed by atoms with E-state index in [-0.39, 0.29) is 0 Å². The Bertz CT molecular complexity index is 471. The van der Waals surface area contributed by atoms with Crippen molar-refractivity contribution in [3.05, 3.63) is 21.1 Å². The van der Waals surface area contributed by atoms with Gasteiger partial charge in [-0.25, -0.2) is 9.97 Å². The fourth-order valence-corrected chi connectivity index (χ4v) is 5.80. The maximum Gasteiger partial charge on any atom is 0.147 e. The van der Waals surface area contributed by atoms with Gasteiger partial charge in [0.1, 0.15) is 11.0 Å². The lowest BCUT2D eigenvalue weighted by Crippen LogP contribution is -2.21. The standard InChI is InChI=1S/C14H20BrClN2S2/c1-4-10-12(20-6-5-19-10)14-17-9(7-8(2)3)11(15)13(16)18-14/h8,10,12H,4-7H2,1-3H3. The fourth-order valence-electron chi connectivity index (χ4n) is 2.27. The molecule has 6 heteroatoms. The molecule has 1 saturated heterocycles. The van der Waals surface area contributed by atoms with Crippen LogP contribution in [0, 0.1) is 5.92 Å². The summed E-state index contributed by atoms with van der Waals surface area (Å²) in [6, 6.07) is 0. The van der Waals surface area contributed by atoms with Crippen LogP contribution in [-0.2, 0) is 6.42 Å². The molecule has 2 heterocycles. The van der Waals surface area contributed by atoms with E-state index in [1.165, 1.54) is 11.5 Å². The molecule has 0 amide bonds. The summed E-state index contributed by atoms with van der Waals surface area (Å²) in [4.78, 5) is 9.35. The Balaban J connectivity index is 2.33. The van der Waals surface area contributed by atoms with Crippen LogP contribution in [0.4, 0.5) is 0 Å². The van der Waals surface area contributed by atoms with E-state index in [1.54, 1.807) is 0 Å². The Hall–Kier alpha value is 0.550. The summed E-state index contributed by atoms with van der Waals surface area (Å²) in [5, 5.41) is 1.52. The van der Waals surface area contributed by atoms with Gasteiger partial charge < -0.3 is 0 Å². The molecular formula is C14H20BrClN2S2. The number of thioether (sulfide) groups is 2. The van der Waals surface area contributed by atoms with Gasteiger partial charge in [-0.1, -0.05) is 32.4 Å². The monoisotopic (exact) mass is 394 g/mol. The van der Waals surface area contributed by atoms with E-state index in [2.05, 4.69) is 41.7 Å². The van der Waals surface area contributed by atoms with Gasteiger partial charge in [-0.3, -0.25) is 0 Å². The molecule has 1 aromatic heterocycles. The summed E-state index contributed by atoms with van der Waals surface area (Å²) in [6.07, 6.45) is 2.08. The Morgan fingerprint density at radius 3 is 2.65 bits per heavy atom.